The Bertz CT molecular complexity index is 2690. The van der Waals surface area contributed by atoms with E-state index in [0.717, 1.165) is 6.92 Å². The van der Waals surface area contributed by atoms with E-state index in [1.54, 1.807) is 83.1 Å². The van der Waals surface area contributed by atoms with Gasteiger partial charge in [0, 0.05) is 25.2 Å². The van der Waals surface area contributed by atoms with Crippen LogP contribution in [0, 0.1) is 16.7 Å². The Morgan fingerprint density at radius 1 is 0.795 bits per heavy atom. The fraction of sp³-hybridized carbons (Fsp3) is 0.604. The van der Waals surface area contributed by atoms with Crippen molar-refractivity contribution in [2.24, 2.45) is 16.7 Å². The molecule has 25 heteroatoms. The van der Waals surface area contributed by atoms with Gasteiger partial charge in [0.25, 0.3) is 0 Å². The van der Waals surface area contributed by atoms with Gasteiger partial charge in [-0.3, -0.25) is 19.3 Å². The van der Waals surface area contributed by atoms with Crippen LogP contribution in [0.4, 0.5) is 14.4 Å². The third kappa shape index (κ3) is 12.3. The summed E-state index contributed by atoms with van der Waals surface area (Å²) in [6, 6.07) is 15.5. The number of ether oxygens (including phenoxy) is 10. The highest BCUT2D eigenvalue weighted by atomic mass is 35.6. The second-order valence-electron chi connectivity index (χ2n) is 22.2. The molecule has 0 radical (unpaired) electrons. The van der Waals surface area contributed by atoms with E-state index in [1.807, 2.05) is 0 Å². The molecule has 428 valence electrons. The molecule has 1 N–H and O–H groups in total. The first-order chi connectivity index (χ1) is 36.0. The van der Waals surface area contributed by atoms with Crippen LogP contribution < -0.4 is 0 Å². The number of nitrogens with zero attached hydrogens (tertiary/aromatic N) is 1. The van der Waals surface area contributed by atoms with Crippen molar-refractivity contribution in [1.29, 1.82) is 0 Å². The number of carbonyl (C=O) groups is 7. The summed E-state index contributed by atoms with van der Waals surface area (Å²) in [6.07, 6.45) is -15.1. The van der Waals surface area contributed by atoms with Gasteiger partial charge in [-0.25, -0.2) is 19.2 Å². The zero-order chi connectivity index (χ0) is 57.9. The Morgan fingerprint density at radius 2 is 1.36 bits per heavy atom. The minimum absolute atomic E-state index is 0.0210. The molecule has 1 amide bonds. The van der Waals surface area contributed by atoms with E-state index in [-0.39, 0.29) is 16.7 Å². The fourth-order valence-electron chi connectivity index (χ4n) is 11.7. The second-order valence-corrected chi connectivity index (χ2v) is 27.2. The lowest BCUT2D eigenvalue weighted by Crippen LogP contribution is -2.82. The number of hydrogen-bond donors (Lipinski definition) is 1. The SMILES string of the molecule is CC(=O)O[C@@]12CO[C@@H]1C[C@H](OC(=O)OCC(Cl)(Cl)Cl)[C@@]1(C)C(=O)[C@H](OC(=O)OCC(Cl)(Cl)Cl)C3=C(C)[C@@H](OC(=O)C[C@@H]4OC(C)(C)N(C(=O)OC(C)(C)C)[C@H]4c4ccccc4)C[C@@](O)([C@@H](OC(=O)c4ccccc4)[C@H]21)C3(C)C. The van der Waals surface area contributed by atoms with Gasteiger partial charge in [-0.05, 0) is 77.3 Å². The number of amides is 1. The molecular formula is C53H61Cl6NO18. The number of ketones is 1. The maximum Gasteiger partial charge on any atom is 0.509 e. The zero-order valence-corrected chi connectivity index (χ0v) is 48.8. The highest BCUT2D eigenvalue weighted by Gasteiger charge is 2.79. The molecule has 78 heavy (non-hydrogen) atoms. The van der Waals surface area contributed by atoms with Crippen LogP contribution in [0.25, 0.3) is 0 Å². The molecule has 3 aliphatic carbocycles. The number of esters is 3. The Kier molecular flexibility index (Phi) is 17.5. The van der Waals surface area contributed by atoms with E-state index in [2.05, 4.69) is 0 Å². The van der Waals surface area contributed by atoms with E-state index in [9.17, 15) is 33.9 Å². The number of Topliss-reactive ketones (excluding diaryl/α,β-unsaturated/α-hetero) is 1. The molecule has 7 rings (SSSR count). The van der Waals surface area contributed by atoms with Crippen molar-refractivity contribution in [2.45, 2.75) is 161 Å². The summed E-state index contributed by atoms with van der Waals surface area (Å²) in [6.45, 7) is 13.1. The van der Waals surface area contributed by atoms with E-state index >= 15 is 4.79 Å². The van der Waals surface area contributed by atoms with Gasteiger partial charge < -0.3 is 52.5 Å². The van der Waals surface area contributed by atoms with Gasteiger partial charge in [-0.15, -0.1) is 0 Å². The lowest BCUT2D eigenvalue weighted by atomic mass is 9.44. The number of benzene rings is 2. The van der Waals surface area contributed by atoms with Crippen molar-refractivity contribution < 1.29 is 86.0 Å². The maximum atomic E-state index is 16.4. The lowest BCUT2D eigenvalue weighted by molar-refractivity contribution is -0.346. The third-order valence-corrected chi connectivity index (χ3v) is 15.7. The summed E-state index contributed by atoms with van der Waals surface area (Å²) in [5.74, 6) is -5.76. The number of hydrogen-bond acceptors (Lipinski definition) is 18. The molecule has 19 nitrogen and oxygen atoms in total. The predicted octanol–water partition coefficient (Wildman–Crippen LogP) is 10.2. The van der Waals surface area contributed by atoms with Crippen LogP contribution in [0.1, 0.15) is 110 Å². The average molecular weight is 1210 g/mol. The van der Waals surface area contributed by atoms with Crippen molar-refractivity contribution in [3.8, 4) is 0 Å². The Hall–Kier alpha value is -4.31. The third-order valence-electron chi connectivity index (χ3n) is 15.0. The lowest BCUT2D eigenvalue weighted by Gasteiger charge is -2.67. The van der Waals surface area contributed by atoms with Crippen LogP contribution in [0.3, 0.4) is 0 Å². The Balaban J connectivity index is 1.42. The minimum Gasteiger partial charge on any atom is -0.458 e. The summed E-state index contributed by atoms with van der Waals surface area (Å²) in [5.41, 5.74) is -10.6. The summed E-state index contributed by atoms with van der Waals surface area (Å²) in [4.78, 5) is 102. The Labute approximate surface area is 480 Å². The van der Waals surface area contributed by atoms with Crippen LogP contribution in [-0.4, -0.2) is 139 Å². The largest absolute Gasteiger partial charge is 0.509 e. The quantitative estimate of drug-likeness (QED) is 0.0953. The number of aliphatic hydroxyl groups is 1. The van der Waals surface area contributed by atoms with Crippen LogP contribution in [0.5, 0.6) is 0 Å². The van der Waals surface area contributed by atoms with Gasteiger partial charge in [-0.1, -0.05) is 132 Å². The molecule has 2 heterocycles. The molecule has 4 fully saturated rings. The zero-order valence-electron chi connectivity index (χ0n) is 44.2. The molecule has 2 saturated carbocycles. The van der Waals surface area contributed by atoms with Gasteiger partial charge in [0.15, 0.2) is 17.5 Å². The molecule has 0 unspecified atom stereocenters. The number of halogens is 6. The first-order valence-electron chi connectivity index (χ1n) is 24.8. The van der Waals surface area contributed by atoms with Crippen LogP contribution in [0.2, 0.25) is 0 Å². The first-order valence-corrected chi connectivity index (χ1v) is 27.0. The van der Waals surface area contributed by atoms with E-state index in [0.29, 0.717) is 5.56 Å². The first kappa shape index (κ1) is 61.3. The molecule has 11 atom stereocenters. The number of alkyl halides is 6. The number of fused-ring (bicyclic) bond motifs is 5. The highest BCUT2D eigenvalue weighted by molar-refractivity contribution is 6.68. The van der Waals surface area contributed by atoms with Crippen LogP contribution in [0.15, 0.2) is 71.8 Å². The summed E-state index contributed by atoms with van der Waals surface area (Å²) < 4.78 is 55.5. The standard InChI is InChI=1S/C53H61Cl6NO18/c1-27-32(72-35(62)21-31-37(29-17-13-11-14-18-29)60(48(8,9)77-31)43(65)78-46(3,4)5)23-51(68)41(75-42(64)30-19-15-12-16-20-30)39-49(10,40(63)38(36(27)47(51,6)7)74-45(67)71-26-53(57,58)59)33(73-44(66)70-25-52(54,55)56)22-34-50(39,24-69-34)76-28(2)61/h11-20,31-34,37-39,41,68H,21-26H2,1-10H3/t31-,32-,33-,34+,37-,38+,39-,41-,49+,50-,51+/m0/s1. The molecule has 2 aliphatic heterocycles. The van der Waals surface area contributed by atoms with Crippen molar-refractivity contribution >= 4 is 112 Å². The number of carbonyl (C=O) groups excluding carboxylic acids is 7. The van der Waals surface area contributed by atoms with Crippen LogP contribution >= 0.6 is 69.6 Å². The monoisotopic (exact) mass is 1210 g/mol. The van der Waals surface area contributed by atoms with Crippen molar-refractivity contribution in [2.75, 3.05) is 19.8 Å². The molecular weight excluding hydrogens is 1150 g/mol. The molecule has 0 spiro atoms. The average Bonchev–Trinajstić information content (AvgIpc) is 3.77. The molecule has 5 aliphatic rings. The van der Waals surface area contributed by atoms with Gasteiger partial charge >= 0.3 is 36.3 Å². The summed E-state index contributed by atoms with van der Waals surface area (Å²) >= 11 is 35.6. The topological polar surface area (TPSA) is 235 Å². The smallest absolute Gasteiger partial charge is 0.458 e. The van der Waals surface area contributed by atoms with E-state index < -0.39 is 171 Å². The van der Waals surface area contributed by atoms with Gasteiger partial charge in [0.2, 0.25) is 7.59 Å². The van der Waals surface area contributed by atoms with Crippen LogP contribution in [-0.2, 0) is 61.8 Å². The molecule has 2 aromatic carbocycles. The maximum absolute atomic E-state index is 16.4. The highest BCUT2D eigenvalue weighted by Crippen LogP contribution is 2.65. The predicted molar refractivity (Wildman–Crippen MR) is 281 cm³/mol. The second kappa shape index (κ2) is 22.2. The van der Waals surface area contributed by atoms with Crippen molar-refractivity contribution in [3.63, 3.8) is 0 Å². The molecule has 2 bridgehead atoms. The minimum atomic E-state index is -2.58. The summed E-state index contributed by atoms with van der Waals surface area (Å²) in [5, 5.41) is 14.2. The summed E-state index contributed by atoms with van der Waals surface area (Å²) in [7, 11) is 0. The molecule has 0 aromatic heterocycles. The number of rotatable bonds is 11. The van der Waals surface area contributed by atoms with E-state index in [4.69, 9.17) is 117 Å². The van der Waals surface area contributed by atoms with Crippen molar-refractivity contribution in [1.82, 2.24) is 4.90 Å². The molecule has 2 aromatic rings. The van der Waals surface area contributed by atoms with E-state index in [1.165, 1.54) is 44.7 Å². The normalized spacial score (nSPS) is 31.1. The van der Waals surface area contributed by atoms with Gasteiger partial charge in [0.05, 0.1) is 42.1 Å². The Morgan fingerprint density at radius 3 is 1.88 bits per heavy atom. The van der Waals surface area contributed by atoms with Gasteiger partial charge in [-0.2, -0.15) is 0 Å². The van der Waals surface area contributed by atoms with Crippen molar-refractivity contribution in [3.05, 3.63) is 82.9 Å². The fourth-order valence-corrected chi connectivity index (χ4v) is 12.1. The van der Waals surface area contributed by atoms with Gasteiger partial charge in [0.1, 0.15) is 54.6 Å². The molecule has 2 saturated heterocycles.